The zero-order chi connectivity index (χ0) is 12.1. The van der Waals surface area contributed by atoms with Crippen LogP contribution in [0.1, 0.15) is 12.5 Å². The van der Waals surface area contributed by atoms with Gasteiger partial charge in [-0.1, -0.05) is 54.6 Å². The van der Waals surface area contributed by atoms with Gasteiger partial charge in [0.15, 0.2) is 0 Å². The monoisotopic (exact) mass is 226 g/mol. The number of ether oxygens (including phenoxy) is 1. The highest BCUT2D eigenvalue weighted by Gasteiger charge is 2.02. The molecule has 2 aromatic carbocycles. The van der Waals surface area contributed by atoms with Gasteiger partial charge in [0.25, 0.3) is 0 Å². The Morgan fingerprint density at radius 2 is 1.47 bits per heavy atom. The van der Waals surface area contributed by atoms with Gasteiger partial charge in [-0.15, -0.1) is 0 Å². The normalized spacial score (nSPS) is 12.4. The van der Waals surface area contributed by atoms with Gasteiger partial charge in [0.1, 0.15) is 0 Å². The Hall–Kier alpha value is -1.60. The third-order valence-corrected chi connectivity index (χ3v) is 2.99. The molecule has 1 heteroatoms. The molecular formula is C16H18O. The minimum Gasteiger partial charge on any atom is -0.381 e. The molecule has 0 bridgehead atoms. The Morgan fingerprint density at radius 3 is 2.06 bits per heavy atom. The second-order valence-electron chi connectivity index (χ2n) is 4.31. The molecule has 17 heavy (non-hydrogen) atoms. The summed E-state index contributed by atoms with van der Waals surface area (Å²) in [6, 6.07) is 19.1. The van der Waals surface area contributed by atoms with Gasteiger partial charge in [-0.25, -0.2) is 0 Å². The molecule has 0 aliphatic carbocycles. The lowest BCUT2D eigenvalue weighted by atomic mass is 10.0. The van der Waals surface area contributed by atoms with E-state index in [1.165, 1.54) is 16.7 Å². The molecule has 0 aliphatic heterocycles. The summed E-state index contributed by atoms with van der Waals surface area (Å²) in [5, 5.41) is 0. The maximum Gasteiger partial charge on any atom is 0.0583 e. The summed E-state index contributed by atoms with van der Waals surface area (Å²) in [6.45, 7) is 2.09. The standard InChI is InChI=1S/C16H18O/c1-13(17-2)12-14-8-10-16(11-9-14)15-6-4-3-5-7-15/h3-11,13H,12H2,1-2H3. The van der Waals surface area contributed by atoms with E-state index in [0.717, 1.165) is 6.42 Å². The molecule has 0 aromatic heterocycles. The smallest absolute Gasteiger partial charge is 0.0583 e. The van der Waals surface area contributed by atoms with Crippen molar-refractivity contribution in [2.24, 2.45) is 0 Å². The van der Waals surface area contributed by atoms with E-state index < -0.39 is 0 Å². The summed E-state index contributed by atoms with van der Waals surface area (Å²) in [5.74, 6) is 0. The number of hydrogen-bond donors (Lipinski definition) is 0. The zero-order valence-corrected chi connectivity index (χ0v) is 10.4. The molecule has 0 aliphatic rings. The maximum absolute atomic E-state index is 5.27. The summed E-state index contributed by atoms with van der Waals surface area (Å²) in [7, 11) is 1.75. The van der Waals surface area contributed by atoms with Gasteiger partial charge in [0.05, 0.1) is 6.10 Å². The van der Waals surface area contributed by atoms with Crippen molar-refractivity contribution in [1.29, 1.82) is 0 Å². The molecule has 0 fully saturated rings. The predicted octanol–water partition coefficient (Wildman–Crippen LogP) is 3.93. The number of methoxy groups -OCH3 is 1. The Morgan fingerprint density at radius 1 is 0.882 bits per heavy atom. The molecule has 1 atom stereocenters. The fourth-order valence-electron chi connectivity index (χ4n) is 1.88. The van der Waals surface area contributed by atoms with E-state index in [2.05, 4.69) is 55.5 Å². The van der Waals surface area contributed by atoms with E-state index in [4.69, 9.17) is 4.74 Å². The lowest BCUT2D eigenvalue weighted by Crippen LogP contribution is -2.08. The van der Waals surface area contributed by atoms with E-state index in [0.29, 0.717) is 0 Å². The Labute approximate surface area is 103 Å². The molecule has 0 saturated carbocycles. The Kier molecular flexibility index (Phi) is 3.94. The van der Waals surface area contributed by atoms with E-state index in [-0.39, 0.29) is 6.10 Å². The van der Waals surface area contributed by atoms with Crippen LogP contribution in [0, 0.1) is 0 Å². The Bertz CT molecular complexity index is 445. The number of hydrogen-bond acceptors (Lipinski definition) is 1. The summed E-state index contributed by atoms with van der Waals surface area (Å²) >= 11 is 0. The highest BCUT2D eigenvalue weighted by molar-refractivity contribution is 5.63. The first-order valence-corrected chi connectivity index (χ1v) is 5.97. The SMILES string of the molecule is COC(C)Cc1ccc(-c2ccccc2)cc1. The van der Waals surface area contributed by atoms with Crippen molar-refractivity contribution in [3.63, 3.8) is 0 Å². The average molecular weight is 226 g/mol. The minimum absolute atomic E-state index is 0.276. The second-order valence-corrected chi connectivity index (χ2v) is 4.31. The molecule has 0 spiro atoms. The van der Waals surface area contributed by atoms with E-state index in [1.807, 2.05) is 6.07 Å². The van der Waals surface area contributed by atoms with Crippen molar-refractivity contribution >= 4 is 0 Å². The first-order chi connectivity index (χ1) is 8.29. The number of rotatable bonds is 4. The average Bonchev–Trinajstić information content (AvgIpc) is 2.40. The quantitative estimate of drug-likeness (QED) is 0.767. The van der Waals surface area contributed by atoms with Crippen molar-refractivity contribution in [3.05, 3.63) is 60.2 Å². The lowest BCUT2D eigenvalue weighted by molar-refractivity contribution is 0.119. The fourth-order valence-corrected chi connectivity index (χ4v) is 1.88. The first kappa shape index (κ1) is 11.9. The van der Waals surface area contributed by atoms with E-state index >= 15 is 0 Å². The largest absolute Gasteiger partial charge is 0.381 e. The van der Waals surface area contributed by atoms with E-state index in [1.54, 1.807) is 7.11 Å². The van der Waals surface area contributed by atoms with Crippen LogP contribution in [0.4, 0.5) is 0 Å². The fraction of sp³-hybridized carbons (Fsp3) is 0.250. The summed E-state index contributed by atoms with van der Waals surface area (Å²) < 4.78 is 5.27. The van der Waals surface area contributed by atoms with Crippen LogP contribution in [0.2, 0.25) is 0 Å². The molecule has 0 radical (unpaired) electrons. The molecule has 2 rings (SSSR count). The van der Waals surface area contributed by atoms with Gasteiger partial charge < -0.3 is 4.74 Å². The lowest BCUT2D eigenvalue weighted by Gasteiger charge is -2.09. The molecule has 0 saturated heterocycles. The molecule has 0 N–H and O–H groups in total. The molecular weight excluding hydrogens is 208 g/mol. The van der Waals surface area contributed by atoms with Crippen molar-refractivity contribution in [2.45, 2.75) is 19.4 Å². The van der Waals surface area contributed by atoms with Gasteiger partial charge in [-0.3, -0.25) is 0 Å². The van der Waals surface area contributed by atoms with Crippen LogP contribution in [0.15, 0.2) is 54.6 Å². The molecule has 0 amide bonds. The van der Waals surface area contributed by atoms with E-state index in [9.17, 15) is 0 Å². The van der Waals surface area contributed by atoms with Crippen LogP contribution in [-0.2, 0) is 11.2 Å². The van der Waals surface area contributed by atoms with Crippen molar-refractivity contribution < 1.29 is 4.74 Å². The van der Waals surface area contributed by atoms with Crippen LogP contribution in [-0.4, -0.2) is 13.2 Å². The molecule has 88 valence electrons. The first-order valence-electron chi connectivity index (χ1n) is 5.97. The minimum atomic E-state index is 0.276. The van der Waals surface area contributed by atoms with Crippen LogP contribution < -0.4 is 0 Å². The van der Waals surface area contributed by atoms with Crippen molar-refractivity contribution in [3.8, 4) is 11.1 Å². The maximum atomic E-state index is 5.27. The second kappa shape index (κ2) is 5.65. The molecule has 1 nitrogen and oxygen atoms in total. The van der Waals surface area contributed by atoms with Crippen LogP contribution in [0.25, 0.3) is 11.1 Å². The van der Waals surface area contributed by atoms with Crippen LogP contribution in [0.5, 0.6) is 0 Å². The van der Waals surface area contributed by atoms with Gasteiger partial charge >= 0.3 is 0 Å². The van der Waals surface area contributed by atoms with Crippen molar-refractivity contribution in [2.75, 3.05) is 7.11 Å². The van der Waals surface area contributed by atoms with Crippen LogP contribution >= 0.6 is 0 Å². The molecule has 2 aromatic rings. The third kappa shape index (κ3) is 3.18. The predicted molar refractivity (Wildman–Crippen MR) is 72.1 cm³/mol. The molecule has 0 heterocycles. The molecule has 1 unspecified atom stereocenters. The van der Waals surface area contributed by atoms with Crippen molar-refractivity contribution in [1.82, 2.24) is 0 Å². The van der Waals surface area contributed by atoms with Gasteiger partial charge in [-0.05, 0) is 30.0 Å². The summed E-state index contributed by atoms with van der Waals surface area (Å²) in [6.07, 6.45) is 1.24. The van der Waals surface area contributed by atoms with Gasteiger partial charge in [0.2, 0.25) is 0 Å². The third-order valence-electron chi connectivity index (χ3n) is 2.99. The topological polar surface area (TPSA) is 9.23 Å². The zero-order valence-electron chi connectivity index (χ0n) is 10.4. The number of benzene rings is 2. The van der Waals surface area contributed by atoms with Gasteiger partial charge in [-0.2, -0.15) is 0 Å². The summed E-state index contributed by atoms with van der Waals surface area (Å²) in [5.41, 5.74) is 3.84. The highest BCUT2D eigenvalue weighted by atomic mass is 16.5. The summed E-state index contributed by atoms with van der Waals surface area (Å²) in [4.78, 5) is 0. The Balaban J connectivity index is 2.13. The van der Waals surface area contributed by atoms with Gasteiger partial charge in [0, 0.05) is 7.11 Å². The van der Waals surface area contributed by atoms with Crippen LogP contribution in [0.3, 0.4) is 0 Å². The highest BCUT2D eigenvalue weighted by Crippen LogP contribution is 2.19.